The molecule has 3 rings (SSSR count). The zero-order valence-corrected chi connectivity index (χ0v) is 13.8. The van der Waals surface area contributed by atoms with Gasteiger partial charge in [-0.3, -0.25) is 4.79 Å². The zero-order chi connectivity index (χ0) is 16.2. The SMILES string of the molecule is Cc1cc(C(=O)Nc2ccc(Sc3ccccc3Cl)cc2)no1. The van der Waals surface area contributed by atoms with Crippen LogP contribution in [0.4, 0.5) is 5.69 Å². The van der Waals surface area contributed by atoms with Gasteiger partial charge in [0.05, 0.1) is 5.02 Å². The fourth-order valence-corrected chi connectivity index (χ4v) is 3.02. The van der Waals surface area contributed by atoms with Crippen molar-refractivity contribution in [2.45, 2.75) is 16.7 Å². The van der Waals surface area contributed by atoms with Crippen molar-refractivity contribution in [1.82, 2.24) is 5.16 Å². The predicted octanol–water partition coefficient (Wildman–Crippen LogP) is 5.04. The summed E-state index contributed by atoms with van der Waals surface area (Å²) in [4.78, 5) is 14.0. The largest absolute Gasteiger partial charge is 0.361 e. The Labute approximate surface area is 142 Å². The van der Waals surface area contributed by atoms with Crippen LogP contribution in [-0.4, -0.2) is 11.1 Å². The Morgan fingerprint density at radius 1 is 1.17 bits per heavy atom. The van der Waals surface area contributed by atoms with E-state index in [0.717, 1.165) is 14.8 Å². The van der Waals surface area contributed by atoms with E-state index in [2.05, 4.69) is 10.5 Å². The summed E-state index contributed by atoms with van der Waals surface area (Å²) in [5, 5.41) is 7.19. The van der Waals surface area contributed by atoms with Gasteiger partial charge in [-0.2, -0.15) is 0 Å². The van der Waals surface area contributed by atoms with Gasteiger partial charge in [-0.25, -0.2) is 0 Å². The monoisotopic (exact) mass is 344 g/mol. The minimum Gasteiger partial charge on any atom is -0.361 e. The molecule has 0 atom stereocenters. The highest BCUT2D eigenvalue weighted by atomic mass is 35.5. The lowest BCUT2D eigenvalue weighted by molar-refractivity contribution is 0.101. The molecule has 0 aliphatic rings. The Kier molecular flexibility index (Phi) is 4.69. The molecule has 1 amide bonds. The van der Waals surface area contributed by atoms with Crippen LogP contribution < -0.4 is 5.32 Å². The van der Waals surface area contributed by atoms with E-state index in [-0.39, 0.29) is 11.6 Å². The summed E-state index contributed by atoms with van der Waals surface area (Å²) in [5.41, 5.74) is 0.955. The number of nitrogens with zero attached hydrogens (tertiary/aromatic N) is 1. The first-order chi connectivity index (χ1) is 11.1. The van der Waals surface area contributed by atoms with Gasteiger partial charge in [-0.1, -0.05) is 40.7 Å². The Bertz CT molecular complexity index is 831. The molecule has 0 aliphatic carbocycles. The molecule has 0 saturated carbocycles. The molecule has 23 heavy (non-hydrogen) atoms. The highest BCUT2D eigenvalue weighted by Gasteiger charge is 2.11. The van der Waals surface area contributed by atoms with Crippen molar-refractivity contribution < 1.29 is 9.32 Å². The summed E-state index contributed by atoms with van der Waals surface area (Å²) in [7, 11) is 0. The minimum atomic E-state index is -0.298. The highest BCUT2D eigenvalue weighted by molar-refractivity contribution is 7.99. The number of carbonyl (C=O) groups is 1. The van der Waals surface area contributed by atoms with Crippen LogP contribution in [-0.2, 0) is 0 Å². The van der Waals surface area contributed by atoms with E-state index < -0.39 is 0 Å². The molecule has 116 valence electrons. The lowest BCUT2D eigenvalue weighted by Crippen LogP contribution is -2.11. The maximum absolute atomic E-state index is 12.0. The van der Waals surface area contributed by atoms with Gasteiger partial charge in [0.25, 0.3) is 5.91 Å². The molecule has 0 aliphatic heterocycles. The third-order valence-corrected chi connectivity index (χ3v) is 4.56. The van der Waals surface area contributed by atoms with Crippen LogP contribution in [0.15, 0.2) is 68.9 Å². The van der Waals surface area contributed by atoms with E-state index in [1.54, 1.807) is 24.8 Å². The summed E-state index contributed by atoms with van der Waals surface area (Å²) >= 11 is 7.72. The molecule has 0 saturated heterocycles. The van der Waals surface area contributed by atoms with E-state index in [4.69, 9.17) is 16.1 Å². The van der Waals surface area contributed by atoms with Gasteiger partial charge in [0.2, 0.25) is 0 Å². The van der Waals surface area contributed by atoms with Crippen molar-refractivity contribution in [3.8, 4) is 0 Å². The number of amides is 1. The van der Waals surface area contributed by atoms with Crippen LogP contribution in [0.1, 0.15) is 16.2 Å². The number of aryl methyl sites for hydroxylation is 1. The van der Waals surface area contributed by atoms with Crippen molar-refractivity contribution in [3.05, 3.63) is 71.1 Å². The molecule has 4 nitrogen and oxygen atoms in total. The summed E-state index contributed by atoms with van der Waals surface area (Å²) in [6, 6.07) is 16.8. The maximum atomic E-state index is 12.0. The third-order valence-electron chi connectivity index (χ3n) is 3.04. The van der Waals surface area contributed by atoms with Crippen LogP contribution in [0.2, 0.25) is 5.02 Å². The molecule has 1 aromatic heterocycles. The Balaban J connectivity index is 1.67. The number of hydrogen-bond donors (Lipinski definition) is 1. The summed E-state index contributed by atoms with van der Waals surface area (Å²) in [6.07, 6.45) is 0. The van der Waals surface area contributed by atoms with Crippen molar-refractivity contribution in [2.24, 2.45) is 0 Å². The topological polar surface area (TPSA) is 55.1 Å². The van der Waals surface area contributed by atoms with Crippen molar-refractivity contribution in [2.75, 3.05) is 5.32 Å². The minimum absolute atomic E-state index is 0.261. The van der Waals surface area contributed by atoms with Gasteiger partial charge in [0.15, 0.2) is 5.69 Å². The molecule has 3 aromatic rings. The molecule has 1 N–H and O–H groups in total. The van der Waals surface area contributed by atoms with Crippen molar-refractivity contribution in [1.29, 1.82) is 0 Å². The smallest absolute Gasteiger partial charge is 0.277 e. The van der Waals surface area contributed by atoms with Gasteiger partial charge < -0.3 is 9.84 Å². The van der Waals surface area contributed by atoms with Crippen LogP contribution >= 0.6 is 23.4 Å². The molecular formula is C17H13ClN2O2S. The quantitative estimate of drug-likeness (QED) is 0.720. The second kappa shape index (κ2) is 6.89. The highest BCUT2D eigenvalue weighted by Crippen LogP contribution is 2.33. The van der Waals surface area contributed by atoms with E-state index >= 15 is 0 Å². The van der Waals surface area contributed by atoms with E-state index in [1.807, 2.05) is 48.5 Å². The third kappa shape index (κ3) is 3.94. The Hall–Kier alpha value is -2.24. The molecule has 0 spiro atoms. The fraction of sp³-hybridized carbons (Fsp3) is 0.0588. The average molecular weight is 345 g/mol. The number of benzene rings is 2. The van der Waals surface area contributed by atoms with Gasteiger partial charge in [-0.05, 0) is 43.3 Å². The fourth-order valence-electron chi connectivity index (χ4n) is 1.93. The van der Waals surface area contributed by atoms with Crippen molar-refractivity contribution in [3.63, 3.8) is 0 Å². The number of anilines is 1. The summed E-state index contributed by atoms with van der Waals surface area (Å²) in [5.74, 6) is 0.301. The van der Waals surface area contributed by atoms with Crippen LogP contribution in [0, 0.1) is 6.92 Å². The van der Waals surface area contributed by atoms with E-state index in [1.165, 1.54) is 0 Å². The van der Waals surface area contributed by atoms with E-state index in [9.17, 15) is 4.79 Å². The number of hydrogen-bond acceptors (Lipinski definition) is 4. The number of halogens is 1. The van der Waals surface area contributed by atoms with Crippen LogP contribution in [0.3, 0.4) is 0 Å². The zero-order valence-electron chi connectivity index (χ0n) is 12.2. The molecule has 0 radical (unpaired) electrons. The summed E-state index contributed by atoms with van der Waals surface area (Å²) < 4.78 is 4.89. The number of nitrogens with one attached hydrogen (secondary N) is 1. The molecule has 6 heteroatoms. The number of aromatic nitrogens is 1. The maximum Gasteiger partial charge on any atom is 0.277 e. The first-order valence-electron chi connectivity index (χ1n) is 6.89. The molecular weight excluding hydrogens is 332 g/mol. The van der Waals surface area contributed by atoms with E-state index in [0.29, 0.717) is 11.4 Å². The van der Waals surface area contributed by atoms with Gasteiger partial charge in [-0.15, -0.1) is 0 Å². The van der Waals surface area contributed by atoms with Gasteiger partial charge in [0.1, 0.15) is 5.76 Å². The summed E-state index contributed by atoms with van der Waals surface area (Å²) in [6.45, 7) is 1.74. The lowest BCUT2D eigenvalue weighted by Gasteiger charge is -2.06. The first kappa shape index (κ1) is 15.6. The molecule has 0 unspecified atom stereocenters. The normalized spacial score (nSPS) is 10.5. The Morgan fingerprint density at radius 3 is 2.57 bits per heavy atom. The van der Waals surface area contributed by atoms with Crippen LogP contribution in [0.25, 0.3) is 0 Å². The second-order valence-corrected chi connectivity index (χ2v) is 6.36. The second-order valence-electron chi connectivity index (χ2n) is 4.83. The van der Waals surface area contributed by atoms with Gasteiger partial charge >= 0.3 is 0 Å². The molecule has 0 fully saturated rings. The number of carbonyl (C=O) groups excluding carboxylic acids is 1. The molecule has 0 bridgehead atoms. The first-order valence-corrected chi connectivity index (χ1v) is 8.08. The van der Waals surface area contributed by atoms with Crippen molar-refractivity contribution >= 4 is 35.0 Å². The average Bonchev–Trinajstić information content (AvgIpc) is 2.98. The predicted molar refractivity (Wildman–Crippen MR) is 91.2 cm³/mol. The number of rotatable bonds is 4. The Morgan fingerprint density at radius 2 is 1.91 bits per heavy atom. The van der Waals surface area contributed by atoms with Gasteiger partial charge in [0, 0.05) is 21.5 Å². The van der Waals surface area contributed by atoms with Crippen LogP contribution in [0.5, 0.6) is 0 Å². The lowest BCUT2D eigenvalue weighted by atomic mass is 10.3. The standard InChI is InChI=1S/C17H13ClN2O2S/c1-11-10-15(20-22-11)17(21)19-12-6-8-13(9-7-12)23-16-5-3-2-4-14(16)18/h2-10H,1H3,(H,19,21). The molecule has 1 heterocycles. The molecule has 2 aromatic carbocycles.